The molecule has 27 heavy (non-hydrogen) atoms. The van der Waals surface area contributed by atoms with Crippen LogP contribution < -0.4 is 25.6 Å². The molecule has 9 heteroatoms. The second-order valence-corrected chi connectivity index (χ2v) is 6.64. The largest absolute Gasteiger partial charge is 0.497 e. The van der Waals surface area contributed by atoms with Gasteiger partial charge in [-0.05, 0) is 54.2 Å². The normalized spacial score (nSPS) is 9.85. The smallest absolute Gasteiger partial charge is 0.276 e. The third kappa shape index (κ3) is 7.63. The predicted octanol–water partition coefficient (Wildman–Crippen LogP) is 2.10. The molecule has 3 N–H and O–H groups in total. The quantitative estimate of drug-likeness (QED) is 0.460. The highest BCUT2D eigenvalue weighted by molar-refractivity contribution is 9.10. The number of carbonyl (C=O) groups excluding carboxylic acids is 2. The first-order chi connectivity index (χ1) is 13.0. The number of carbonyl (C=O) groups is 2. The van der Waals surface area contributed by atoms with Gasteiger partial charge in [0.2, 0.25) is 5.91 Å². The van der Waals surface area contributed by atoms with Crippen LogP contribution in [-0.2, 0) is 16.0 Å². The summed E-state index contributed by atoms with van der Waals surface area (Å²) in [5, 5.41) is 2.47. The standard InChI is InChI=1S/C18H18BrN3O4S/c1-25-14-6-2-12(3-7-14)10-16(23)20-18(27)22-21-17(24)11-26-15-8-4-13(19)5-9-15/h2-9H,10-11H2,1H3,(H,21,24)(H2,20,22,23,27). The fraction of sp³-hybridized carbons (Fsp3) is 0.167. The summed E-state index contributed by atoms with van der Waals surface area (Å²) in [6, 6.07) is 14.2. The van der Waals surface area contributed by atoms with Crippen LogP contribution in [0.25, 0.3) is 0 Å². The minimum absolute atomic E-state index is 0.00879. The number of amides is 2. The van der Waals surface area contributed by atoms with Crippen molar-refractivity contribution in [1.29, 1.82) is 0 Å². The Hall–Kier alpha value is -2.65. The van der Waals surface area contributed by atoms with Crippen molar-refractivity contribution in [2.75, 3.05) is 13.7 Å². The third-order valence-electron chi connectivity index (χ3n) is 3.28. The summed E-state index contributed by atoms with van der Waals surface area (Å²) in [7, 11) is 1.57. The van der Waals surface area contributed by atoms with E-state index in [1.807, 2.05) is 0 Å². The molecule has 0 aliphatic rings. The van der Waals surface area contributed by atoms with E-state index in [9.17, 15) is 9.59 Å². The number of hydrogen-bond donors (Lipinski definition) is 3. The number of nitrogens with one attached hydrogen (secondary N) is 3. The molecule has 0 aliphatic carbocycles. The van der Waals surface area contributed by atoms with Crippen LogP contribution in [0.4, 0.5) is 0 Å². The molecule has 0 fully saturated rings. The molecule has 0 aliphatic heterocycles. The highest BCUT2D eigenvalue weighted by Gasteiger charge is 2.08. The number of benzene rings is 2. The molecule has 0 saturated heterocycles. The Bertz CT molecular complexity index is 797. The lowest BCUT2D eigenvalue weighted by Gasteiger charge is -2.11. The van der Waals surface area contributed by atoms with Crippen LogP contribution in [0.3, 0.4) is 0 Å². The van der Waals surface area contributed by atoms with Gasteiger partial charge in [-0.15, -0.1) is 0 Å². The van der Waals surface area contributed by atoms with E-state index >= 15 is 0 Å². The molecular formula is C18H18BrN3O4S. The summed E-state index contributed by atoms with van der Waals surface area (Å²) in [5.41, 5.74) is 5.62. The lowest BCUT2D eigenvalue weighted by molar-refractivity contribution is -0.124. The molecule has 0 unspecified atom stereocenters. The van der Waals surface area contributed by atoms with Crippen LogP contribution in [0.15, 0.2) is 53.0 Å². The van der Waals surface area contributed by atoms with Crippen molar-refractivity contribution in [2.45, 2.75) is 6.42 Å². The first-order valence-corrected chi connectivity index (χ1v) is 9.06. The highest BCUT2D eigenvalue weighted by Crippen LogP contribution is 2.15. The van der Waals surface area contributed by atoms with E-state index in [0.29, 0.717) is 11.5 Å². The average Bonchev–Trinajstić information content (AvgIpc) is 2.66. The maximum absolute atomic E-state index is 11.9. The molecule has 0 saturated carbocycles. The van der Waals surface area contributed by atoms with E-state index < -0.39 is 5.91 Å². The lowest BCUT2D eigenvalue weighted by Crippen LogP contribution is -2.49. The second-order valence-electron chi connectivity index (χ2n) is 5.32. The zero-order valence-corrected chi connectivity index (χ0v) is 16.9. The van der Waals surface area contributed by atoms with Gasteiger partial charge in [0.1, 0.15) is 11.5 Å². The number of rotatable bonds is 6. The molecule has 0 bridgehead atoms. The average molecular weight is 452 g/mol. The van der Waals surface area contributed by atoms with Crippen molar-refractivity contribution in [2.24, 2.45) is 0 Å². The Morgan fingerprint density at radius 2 is 1.59 bits per heavy atom. The van der Waals surface area contributed by atoms with Gasteiger partial charge in [0, 0.05) is 4.47 Å². The molecule has 0 spiro atoms. The van der Waals surface area contributed by atoms with E-state index in [2.05, 4.69) is 32.1 Å². The summed E-state index contributed by atoms with van der Waals surface area (Å²) in [4.78, 5) is 23.7. The summed E-state index contributed by atoms with van der Waals surface area (Å²) >= 11 is 8.29. The van der Waals surface area contributed by atoms with E-state index in [-0.39, 0.29) is 24.0 Å². The monoisotopic (exact) mass is 451 g/mol. The van der Waals surface area contributed by atoms with Gasteiger partial charge < -0.3 is 14.8 Å². The Kier molecular flexibility index (Phi) is 8.02. The third-order valence-corrected chi connectivity index (χ3v) is 4.01. The Labute approximate surface area is 170 Å². The summed E-state index contributed by atoms with van der Waals surface area (Å²) < 4.78 is 11.3. The maximum atomic E-state index is 11.9. The van der Waals surface area contributed by atoms with Crippen molar-refractivity contribution >= 4 is 45.1 Å². The minimum Gasteiger partial charge on any atom is -0.497 e. The summed E-state index contributed by atoms with van der Waals surface area (Å²) in [6.45, 7) is -0.197. The van der Waals surface area contributed by atoms with Gasteiger partial charge in [-0.1, -0.05) is 28.1 Å². The van der Waals surface area contributed by atoms with Crippen LogP contribution in [0, 0.1) is 0 Å². The molecule has 0 aromatic heterocycles. The summed E-state index contributed by atoms with van der Waals surface area (Å²) in [5.74, 6) is 0.524. The van der Waals surface area contributed by atoms with E-state index in [0.717, 1.165) is 10.0 Å². The van der Waals surface area contributed by atoms with Crippen molar-refractivity contribution in [1.82, 2.24) is 16.2 Å². The number of ether oxygens (including phenoxy) is 2. The Morgan fingerprint density at radius 3 is 2.22 bits per heavy atom. The minimum atomic E-state index is -0.440. The molecule has 7 nitrogen and oxygen atoms in total. The Balaban J connectivity index is 1.67. The highest BCUT2D eigenvalue weighted by atomic mass is 79.9. The fourth-order valence-corrected chi connectivity index (χ4v) is 2.40. The van der Waals surface area contributed by atoms with E-state index in [1.54, 1.807) is 55.6 Å². The van der Waals surface area contributed by atoms with Gasteiger partial charge in [-0.2, -0.15) is 0 Å². The van der Waals surface area contributed by atoms with E-state index in [1.165, 1.54) is 0 Å². The molecule has 2 rings (SSSR count). The lowest BCUT2D eigenvalue weighted by atomic mass is 10.1. The summed E-state index contributed by atoms with van der Waals surface area (Å²) in [6.07, 6.45) is 0.145. The zero-order chi connectivity index (χ0) is 19.6. The molecule has 2 amide bonds. The number of methoxy groups -OCH3 is 1. The van der Waals surface area contributed by atoms with Crippen molar-refractivity contribution < 1.29 is 19.1 Å². The van der Waals surface area contributed by atoms with Crippen LogP contribution in [0.2, 0.25) is 0 Å². The predicted molar refractivity (Wildman–Crippen MR) is 108 cm³/mol. The number of thiocarbonyl (C=S) groups is 1. The SMILES string of the molecule is COc1ccc(CC(=O)NC(=S)NNC(=O)COc2ccc(Br)cc2)cc1. The van der Waals surface area contributed by atoms with Gasteiger partial charge in [0.25, 0.3) is 5.91 Å². The van der Waals surface area contributed by atoms with Crippen LogP contribution in [-0.4, -0.2) is 30.6 Å². The molecule has 0 heterocycles. The number of halogens is 1. The molecular weight excluding hydrogens is 434 g/mol. The number of hydrogen-bond acceptors (Lipinski definition) is 5. The van der Waals surface area contributed by atoms with Crippen LogP contribution in [0.1, 0.15) is 5.56 Å². The molecule has 2 aromatic carbocycles. The first kappa shape index (κ1) is 20.7. The first-order valence-electron chi connectivity index (χ1n) is 7.86. The van der Waals surface area contributed by atoms with Gasteiger partial charge >= 0.3 is 0 Å². The number of hydrazine groups is 1. The van der Waals surface area contributed by atoms with Gasteiger partial charge in [0.15, 0.2) is 11.7 Å². The maximum Gasteiger partial charge on any atom is 0.276 e. The Morgan fingerprint density at radius 1 is 0.963 bits per heavy atom. The van der Waals surface area contributed by atoms with Crippen molar-refractivity contribution in [3.63, 3.8) is 0 Å². The second kappa shape index (κ2) is 10.5. The fourth-order valence-electron chi connectivity index (χ4n) is 1.97. The molecule has 0 radical (unpaired) electrons. The topological polar surface area (TPSA) is 88.7 Å². The van der Waals surface area contributed by atoms with Crippen LogP contribution in [0.5, 0.6) is 11.5 Å². The van der Waals surface area contributed by atoms with E-state index in [4.69, 9.17) is 21.7 Å². The van der Waals surface area contributed by atoms with Gasteiger partial charge in [0.05, 0.1) is 13.5 Å². The van der Waals surface area contributed by atoms with Crippen molar-refractivity contribution in [3.8, 4) is 11.5 Å². The van der Waals surface area contributed by atoms with Gasteiger partial charge in [-0.3, -0.25) is 20.4 Å². The van der Waals surface area contributed by atoms with Crippen molar-refractivity contribution in [3.05, 3.63) is 58.6 Å². The van der Waals surface area contributed by atoms with Crippen LogP contribution >= 0.6 is 28.1 Å². The molecule has 2 aromatic rings. The molecule has 142 valence electrons. The van der Waals surface area contributed by atoms with Gasteiger partial charge in [-0.25, -0.2) is 0 Å². The zero-order valence-electron chi connectivity index (χ0n) is 14.5. The molecule has 0 atom stereocenters.